The molecule has 1 rings (SSSR count). The van der Waals surface area contributed by atoms with Gasteiger partial charge in [-0.05, 0) is 12.0 Å². The van der Waals surface area contributed by atoms with Gasteiger partial charge in [0.25, 0.3) is 0 Å². The Labute approximate surface area is 103 Å². The van der Waals surface area contributed by atoms with Gasteiger partial charge >= 0.3 is 0 Å². The molecule has 0 fully saturated rings. The zero-order valence-electron chi connectivity index (χ0n) is 9.96. The number of azide groups is 1. The van der Waals surface area contributed by atoms with Crippen LogP contribution >= 0.6 is 0 Å². The quantitative estimate of drug-likeness (QED) is 0.244. The molecule has 0 spiro atoms. The fourth-order valence-corrected chi connectivity index (χ4v) is 1.27. The molecule has 7 nitrogen and oxygen atoms in total. The predicted molar refractivity (Wildman–Crippen MR) is 63.6 cm³/mol. The Morgan fingerprint density at radius 1 is 1.61 bits per heavy atom. The molecule has 0 radical (unpaired) electrons. The smallest absolute Gasteiger partial charge is 0.227 e. The van der Waals surface area contributed by atoms with Crippen LogP contribution in [0.1, 0.15) is 36.1 Å². The van der Waals surface area contributed by atoms with Crippen molar-refractivity contribution in [3.8, 4) is 5.75 Å². The van der Waals surface area contributed by atoms with Crippen LogP contribution in [0.5, 0.6) is 5.75 Å². The molecule has 1 aromatic rings. The maximum Gasteiger partial charge on any atom is 0.227 e. The molecule has 1 heterocycles. The zero-order chi connectivity index (χ0) is 13.4. The molecule has 18 heavy (non-hydrogen) atoms. The van der Waals surface area contributed by atoms with Gasteiger partial charge in [-0.1, -0.05) is 18.5 Å². The van der Waals surface area contributed by atoms with Crippen molar-refractivity contribution >= 4 is 6.29 Å². The van der Waals surface area contributed by atoms with Gasteiger partial charge in [0.1, 0.15) is 5.76 Å². The number of rotatable bonds is 7. The second kappa shape index (κ2) is 7.13. The van der Waals surface area contributed by atoms with E-state index in [-0.39, 0.29) is 23.8 Å². The van der Waals surface area contributed by atoms with E-state index >= 15 is 0 Å². The number of carbonyl (C=O) groups is 1. The molecule has 7 heteroatoms. The van der Waals surface area contributed by atoms with E-state index in [2.05, 4.69) is 10.0 Å². The van der Waals surface area contributed by atoms with E-state index < -0.39 is 5.43 Å². The Hall–Kier alpha value is -2.27. The number of nitrogens with zero attached hydrogens (tertiary/aromatic N) is 3. The summed E-state index contributed by atoms with van der Waals surface area (Å²) in [4.78, 5) is 25.1. The second-order valence-corrected chi connectivity index (χ2v) is 3.48. The van der Waals surface area contributed by atoms with Crippen LogP contribution in [0.25, 0.3) is 10.4 Å². The standard InChI is InChI=1S/C11H13N3O4/c1-2-3-4-17-11-9(16)5-8(6-13-14-12)18-10(11)7-15/h5,7H,2-4,6H2,1H3. The Morgan fingerprint density at radius 3 is 3.00 bits per heavy atom. The van der Waals surface area contributed by atoms with Crippen molar-refractivity contribution in [3.63, 3.8) is 0 Å². The van der Waals surface area contributed by atoms with Crippen LogP contribution in [0.15, 0.2) is 20.4 Å². The molecule has 0 bridgehead atoms. The molecule has 0 unspecified atom stereocenters. The number of unbranched alkanes of at least 4 members (excludes halogenated alkanes) is 1. The van der Waals surface area contributed by atoms with Crippen molar-refractivity contribution in [3.05, 3.63) is 38.3 Å². The van der Waals surface area contributed by atoms with Crippen LogP contribution in [0.3, 0.4) is 0 Å². The lowest BCUT2D eigenvalue weighted by molar-refractivity contribution is 0.108. The van der Waals surface area contributed by atoms with Gasteiger partial charge in [-0.2, -0.15) is 0 Å². The van der Waals surface area contributed by atoms with Gasteiger partial charge in [-0.25, -0.2) is 0 Å². The Morgan fingerprint density at radius 2 is 2.39 bits per heavy atom. The van der Waals surface area contributed by atoms with E-state index in [1.165, 1.54) is 0 Å². The first kappa shape index (κ1) is 13.8. The molecule has 0 aliphatic carbocycles. The van der Waals surface area contributed by atoms with E-state index in [1.54, 1.807) is 0 Å². The highest BCUT2D eigenvalue weighted by Crippen LogP contribution is 2.14. The van der Waals surface area contributed by atoms with Gasteiger partial charge in [-0.15, -0.1) is 0 Å². The fourth-order valence-electron chi connectivity index (χ4n) is 1.27. The molecular weight excluding hydrogens is 238 g/mol. The second-order valence-electron chi connectivity index (χ2n) is 3.48. The molecular formula is C11H13N3O4. The molecule has 0 aliphatic heterocycles. The minimum absolute atomic E-state index is 0.0943. The lowest BCUT2D eigenvalue weighted by Gasteiger charge is -2.06. The van der Waals surface area contributed by atoms with Crippen molar-refractivity contribution in [1.29, 1.82) is 0 Å². The summed E-state index contributed by atoms with van der Waals surface area (Å²) >= 11 is 0. The van der Waals surface area contributed by atoms with Crippen LogP contribution < -0.4 is 10.2 Å². The zero-order valence-corrected chi connectivity index (χ0v) is 9.96. The first-order valence-electron chi connectivity index (χ1n) is 5.48. The van der Waals surface area contributed by atoms with E-state index in [1.807, 2.05) is 6.92 Å². The topological polar surface area (TPSA) is 105 Å². The van der Waals surface area contributed by atoms with Crippen LogP contribution in [-0.4, -0.2) is 12.9 Å². The summed E-state index contributed by atoms with van der Waals surface area (Å²) in [6.07, 6.45) is 2.09. The number of aldehydes is 1. The highest BCUT2D eigenvalue weighted by molar-refractivity contribution is 5.74. The van der Waals surface area contributed by atoms with Gasteiger partial charge in [0, 0.05) is 11.0 Å². The summed E-state index contributed by atoms with van der Waals surface area (Å²) in [6, 6.07) is 1.16. The molecule has 0 atom stereocenters. The monoisotopic (exact) mass is 251 g/mol. The number of hydrogen-bond donors (Lipinski definition) is 0. The summed E-state index contributed by atoms with van der Waals surface area (Å²) < 4.78 is 10.3. The van der Waals surface area contributed by atoms with Crippen LogP contribution in [-0.2, 0) is 6.54 Å². The first-order chi connectivity index (χ1) is 8.72. The lowest BCUT2D eigenvalue weighted by Crippen LogP contribution is -2.12. The highest BCUT2D eigenvalue weighted by Gasteiger charge is 2.12. The number of hydrogen-bond acceptors (Lipinski definition) is 5. The maximum absolute atomic E-state index is 11.7. The van der Waals surface area contributed by atoms with Crippen LogP contribution in [0, 0.1) is 0 Å². The largest absolute Gasteiger partial charge is 0.486 e. The summed E-state index contributed by atoms with van der Waals surface area (Å²) in [7, 11) is 0. The highest BCUT2D eigenvalue weighted by atomic mass is 16.5. The van der Waals surface area contributed by atoms with Crippen molar-refractivity contribution in [2.24, 2.45) is 5.11 Å². The van der Waals surface area contributed by atoms with Gasteiger partial charge in [0.05, 0.1) is 13.2 Å². The first-order valence-corrected chi connectivity index (χ1v) is 5.48. The fraction of sp³-hybridized carbons (Fsp3) is 0.455. The molecule has 0 saturated carbocycles. The van der Waals surface area contributed by atoms with Gasteiger partial charge in [-0.3, -0.25) is 9.59 Å². The normalized spacial score (nSPS) is 9.61. The molecule has 96 valence electrons. The third-order valence-corrected chi connectivity index (χ3v) is 2.12. The third-order valence-electron chi connectivity index (χ3n) is 2.12. The Bertz CT molecular complexity index is 518. The summed E-state index contributed by atoms with van der Waals surface area (Å²) in [6.45, 7) is 2.20. The summed E-state index contributed by atoms with van der Waals surface area (Å²) in [5, 5.41) is 3.25. The molecule has 0 saturated heterocycles. The molecule has 0 N–H and O–H groups in total. The van der Waals surface area contributed by atoms with Crippen molar-refractivity contribution < 1.29 is 13.9 Å². The minimum atomic E-state index is -0.456. The number of carbonyl (C=O) groups excluding carboxylic acids is 1. The summed E-state index contributed by atoms with van der Waals surface area (Å²) in [5.41, 5.74) is 7.71. The van der Waals surface area contributed by atoms with Crippen molar-refractivity contribution in [2.75, 3.05) is 6.61 Å². The van der Waals surface area contributed by atoms with Gasteiger partial charge in [0.15, 0.2) is 6.29 Å². The lowest BCUT2D eigenvalue weighted by atomic mass is 10.3. The molecule has 0 aromatic carbocycles. The summed E-state index contributed by atoms with van der Waals surface area (Å²) in [5.74, 6) is -0.146. The van der Waals surface area contributed by atoms with Crippen molar-refractivity contribution in [1.82, 2.24) is 0 Å². The van der Waals surface area contributed by atoms with E-state index in [4.69, 9.17) is 14.7 Å². The average molecular weight is 251 g/mol. The van der Waals surface area contributed by atoms with Crippen LogP contribution in [0.2, 0.25) is 0 Å². The minimum Gasteiger partial charge on any atom is -0.486 e. The molecule has 0 aliphatic rings. The SMILES string of the molecule is CCCCOc1c(C=O)oc(CN=[N+]=[N-])cc1=O. The predicted octanol–water partition coefficient (Wildman–Crippen LogP) is 2.44. The van der Waals surface area contributed by atoms with Crippen LogP contribution in [0.4, 0.5) is 0 Å². The van der Waals surface area contributed by atoms with Gasteiger partial charge in [0.2, 0.25) is 16.9 Å². The Balaban J connectivity index is 3.00. The average Bonchev–Trinajstić information content (AvgIpc) is 2.38. The van der Waals surface area contributed by atoms with E-state index in [0.717, 1.165) is 18.9 Å². The maximum atomic E-state index is 11.7. The van der Waals surface area contributed by atoms with E-state index in [9.17, 15) is 9.59 Å². The Kier molecular flexibility index (Phi) is 5.47. The van der Waals surface area contributed by atoms with E-state index in [0.29, 0.717) is 12.9 Å². The number of ether oxygens (including phenoxy) is 1. The van der Waals surface area contributed by atoms with Crippen molar-refractivity contribution in [2.45, 2.75) is 26.3 Å². The van der Waals surface area contributed by atoms with Gasteiger partial charge < -0.3 is 9.15 Å². The third kappa shape index (κ3) is 3.64. The molecule has 0 amide bonds. The molecule has 1 aromatic heterocycles.